The van der Waals surface area contributed by atoms with Crippen LogP contribution in [-0.2, 0) is 4.57 Å². The molecule has 0 heterocycles. The van der Waals surface area contributed by atoms with Crippen LogP contribution in [0.1, 0.15) is 11.1 Å². The number of phosphoric acid groups is 1. The summed E-state index contributed by atoms with van der Waals surface area (Å²) in [6.07, 6.45) is 3.13. The zero-order chi connectivity index (χ0) is 20.9. The topological polar surface area (TPSA) is 124 Å². The number of phosphoric ester groups is 1. The summed E-state index contributed by atoms with van der Waals surface area (Å²) < 4.78 is 36.7. The van der Waals surface area contributed by atoms with Crippen molar-refractivity contribution in [2.45, 2.75) is 0 Å². The molecule has 0 saturated carbocycles. The summed E-state index contributed by atoms with van der Waals surface area (Å²) >= 11 is 0. The fourth-order valence-corrected chi connectivity index (χ4v) is 2.89. The quantitative estimate of drug-likeness (QED) is 0.443. The number of phenols is 1. The number of methoxy groups -OCH3 is 4. The van der Waals surface area contributed by atoms with Crippen molar-refractivity contribution < 1.29 is 42.9 Å². The fraction of sp³-hybridized carbons (Fsp3) is 0.222. The van der Waals surface area contributed by atoms with E-state index in [1.54, 1.807) is 18.2 Å². The molecule has 0 aliphatic carbocycles. The second kappa shape index (κ2) is 8.88. The maximum atomic E-state index is 11.3. The number of ether oxygens (including phenoxy) is 4. The van der Waals surface area contributed by atoms with Crippen LogP contribution >= 0.6 is 7.82 Å². The first kappa shape index (κ1) is 21.4. The van der Waals surface area contributed by atoms with Gasteiger partial charge in [0.15, 0.2) is 23.0 Å². The summed E-state index contributed by atoms with van der Waals surface area (Å²) in [4.78, 5) is 18.3. The molecule has 2 aromatic rings. The zero-order valence-electron chi connectivity index (χ0n) is 15.7. The highest BCUT2D eigenvalue weighted by atomic mass is 31.2. The number of aromatic hydroxyl groups is 1. The van der Waals surface area contributed by atoms with Gasteiger partial charge in [-0.05, 0) is 29.8 Å². The average Bonchev–Trinajstić information content (AvgIpc) is 2.66. The van der Waals surface area contributed by atoms with Crippen molar-refractivity contribution in [3.05, 3.63) is 35.4 Å². The molecule has 2 aromatic carbocycles. The Morgan fingerprint density at radius 1 is 0.821 bits per heavy atom. The third-order valence-electron chi connectivity index (χ3n) is 3.70. The summed E-state index contributed by atoms with van der Waals surface area (Å²) in [5.41, 5.74) is 0.863. The van der Waals surface area contributed by atoms with Gasteiger partial charge in [0.25, 0.3) is 0 Å². The van der Waals surface area contributed by atoms with Crippen LogP contribution in [-0.4, -0.2) is 43.3 Å². The lowest BCUT2D eigenvalue weighted by molar-refractivity contribution is 0.275. The fourth-order valence-electron chi connectivity index (χ4n) is 2.46. The predicted octanol–water partition coefficient (Wildman–Crippen LogP) is 3.07. The van der Waals surface area contributed by atoms with Crippen molar-refractivity contribution in [3.63, 3.8) is 0 Å². The van der Waals surface area contributed by atoms with Gasteiger partial charge in [0.05, 0.1) is 28.4 Å². The second-order valence-corrected chi connectivity index (χ2v) is 6.57. The van der Waals surface area contributed by atoms with Crippen LogP contribution in [0.2, 0.25) is 0 Å². The van der Waals surface area contributed by atoms with E-state index in [1.165, 1.54) is 46.6 Å². The maximum Gasteiger partial charge on any atom is 0.524 e. The molecule has 0 saturated heterocycles. The minimum atomic E-state index is -4.91. The number of hydrogen-bond acceptors (Lipinski definition) is 7. The Kier molecular flexibility index (Phi) is 6.80. The van der Waals surface area contributed by atoms with Crippen molar-refractivity contribution in [2.75, 3.05) is 28.4 Å². The van der Waals surface area contributed by atoms with Gasteiger partial charge in [0.2, 0.25) is 11.5 Å². The predicted molar refractivity (Wildman–Crippen MR) is 102 cm³/mol. The van der Waals surface area contributed by atoms with Gasteiger partial charge in [-0.1, -0.05) is 12.2 Å². The van der Waals surface area contributed by atoms with Crippen molar-refractivity contribution in [1.29, 1.82) is 0 Å². The molecule has 3 N–H and O–H groups in total. The monoisotopic (exact) mass is 412 g/mol. The van der Waals surface area contributed by atoms with E-state index in [9.17, 15) is 9.67 Å². The molecule has 0 spiro atoms. The Labute approximate surface area is 161 Å². The van der Waals surface area contributed by atoms with E-state index < -0.39 is 19.3 Å². The number of benzene rings is 2. The SMILES string of the molecule is COc1ccc(/C=C\c2cc(OC)c(OC)c(OC)c2)c(OP(=O)(O)O)c1O. The first-order valence-corrected chi connectivity index (χ1v) is 9.40. The maximum absolute atomic E-state index is 11.3. The van der Waals surface area contributed by atoms with E-state index in [4.69, 9.17) is 28.7 Å². The van der Waals surface area contributed by atoms with E-state index in [-0.39, 0.29) is 11.3 Å². The Bertz CT molecular complexity index is 893. The van der Waals surface area contributed by atoms with E-state index in [1.807, 2.05) is 0 Å². The lowest BCUT2D eigenvalue weighted by Crippen LogP contribution is -1.96. The minimum absolute atomic E-state index is 0.00776. The standard InChI is InChI=1S/C18H21O9P/c1-23-13-8-7-12(17(16(13)19)27-28(20,21)22)6-5-11-9-14(24-2)18(26-4)15(10-11)25-3/h5-10,19H,1-4H3,(H2,20,21,22)/b6-5-. The molecule has 152 valence electrons. The molecule has 28 heavy (non-hydrogen) atoms. The number of hydrogen-bond donors (Lipinski definition) is 3. The van der Waals surface area contributed by atoms with Crippen LogP contribution in [0.15, 0.2) is 24.3 Å². The smallest absolute Gasteiger partial charge is 0.502 e. The van der Waals surface area contributed by atoms with Crippen LogP contribution in [0.25, 0.3) is 12.2 Å². The second-order valence-electron chi connectivity index (χ2n) is 5.41. The van der Waals surface area contributed by atoms with Gasteiger partial charge in [-0.15, -0.1) is 0 Å². The van der Waals surface area contributed by atoms with Gasteiger partial charge in [-0.2, -0.15) is 0 Å². The highest BCUT2D eigenvalue weighted by Gasteiger charge is 2.23. The van der Waals surface area contributed by atoms with Gasteiger partial charge >= 0.3 is 7.82 Å². The van der Waals surface area contributed by atoms with Crippen molar-refractivity contribution in [1.82, 2.24) is 0 Å². The molecule has 0 atom stereocenters. The molecule has 0 bridgehead atoms. The third kappa shape index (κ3) is 4.89. The summed E-state index contributed by atoms with van der Waals surface area (Å²) in [5.74, 6) is 0.369. The number of phenolic OH excluding ortho intramolecular Hbond substituents is 1. The van der Waals surface area contributed by atoms with E-state index in [2.05, 4.69) is 4.52 Å². The van der Waals surface area contributed by atoms with Gasteiger partial charge in [-0.3, -0.25) is 9.79 Å². The summed E-state index contributed by atoms with van der Waals surface area (Å²) in [6.45, 7) is 0. The van der Waals surface area contributed by atoms with Gasteiger partial charge < -0.3 is 28.6 Å². The highest BCUT2D eigenvalue weighted by molar-refractivity contribution is 7.46. The largest absolute Gasteiger partial charge is 0.524 e. The number of rotatable bonds is 8. The lowest BCUT2D eigenvalue weighted by Gasteiger charge is -2.14. The first-order chi connectivity index (χ1) is 13.2. The Balaban J connectivity index is 2.52. The van der Waals surface area contributed by atoms with Gasteiger partial charge in [0.1, 0.15) is 0 Å². The molecule has 0 amide bonds. The van der Waals surface area contributed by atoms with Gasteiger partial charge in [0, 0.05) is 5.56 Å². The van der Waals surface area contributed by atoms with Crippen molar-refractivity contribution >= 4 is 20.0 Å². The Morgan fingerprint density at radius 3 is 1.86 bits per heavy atom. The molecule has 0 radical (unpaired) electrons. The summed E-state index contributed by atoms with van der Waals surface area (Å²) in [6, 6.07) is 6.30. The van der Waals surface area contributed by atoms with E-state index in [0.29, 0.717) is 22.8 Å². The molecular weight excluding hydrogens is 391 g/mol. The van der Waals surface area contributed by atoms with Crippen LogP contribution in [0.4, 0.5) is 0 Å². The molecule has 9 nitrogen and oxygen atoms in total. The van der Waals surface area contributed by atoms with E-state index >= 15 is 0 Å². The Hall–Kier alpha value is -2.87. The van der Waals surface area contributed by atoms with Crippen molar-refractivity contribution in [2.24, 2.45) is 0 Å². The van der Waals surface area contributed by atoms with E-state index in [0.717, 1.165) is 0 Å². The summed E-state index contributed by atoms with van der Waals surface area (Å²) in [7, 11) is 0.854. The molecule has 0 fully saturated rings. The highest BCUT2D eigenvalue weighted by Crippen LogP contribution is 2.47. The molecule has 0 unspecified atom stereocenters. The summed E-state index contributed by atoms with van der Waals surface area (Å²) in [5, 5.41) is 10.2. The minimum Gasteiger partial charge on any atom is -0.502 e. The van der Waals surface area contributed by atoms with Crippen LogP contribution in [0.5, 0.6) is 34.5 Å². The molecular formula is C18H21O9P. The first-order valence-electron chi connectivity index (χ1n) is 7.87. The van der Waals surface area contributed by atoms with Crippen LogP contribution in [0, 0.1) is 0 Å². The average molecular weight is 412 g/mol. The normalized spacial score (nSPS) is 11.4. The van der Waals surface area contributed by atoms with Crippen LogP contribution < -0.4 is 23.5 Å². The zero-order valence-corrected chi connectivity index (χ0v) is 16.6. The lowest BCUT2D eigenvalue weighted by atomic mass is 10.1. The molecule has 0 aromatic heterocycles. The molecule has 0 aliphatic rings. The van der Waals surface area contributed by atoms with Crippen LogP contribution in [0.3, 0.4) is 0 Å². The van der Waals surface area contributed by atoms with Gasteiger partial charge in [-0.25, -0.2) is 4.57 Å². The molecule has 0 aliphatic heterocycles. The Morgan fingerprint density at radius 2 is 1.39 bits per heavy atom. The van der Waals surface area contributed by atoms with Crippen molar-refractivity contribution in [3.8, 4) is 34.5 Å². The molecule has 10 heteroatoms. The molecule has 2 rings (SSSR count). The third-order valence-corrected chi connectivity index (χ3v) is 4.12.